The van der Waals surface area contributed by atoms with Gasteiger partial charge in [-0.3, -0.25) is 4.90 Å². The van der Waals surface area contributed by atoms with Crippen LogP contribution in [0.1, 0.15) is 16.0 Å². The van der Waals surface area contributed by atoms with Crippen molar-refractivity contribution in [1.29, 1.82) is 0 Å². The number of thiophene rings is 1. The third kappa shape index (κ3) is 3.92. The van der Waals surface area contributed by atoms with Gasteiger partial charge in [-0.1, -0.05) is 30.3 Å². The average molecular weight is 287 g/mol. The Balaban J connectivity index is 1.50. The van der Waals surface area contributed by atoms with Crippen molar-refractivity contribution < 1.29 is 4.74 Å². The predicted octanol–water partition coefficient (Wildman–Crippen LogP) is 3.21. The molecule has 0 saturated carbocycles. The number of morpholine rings is 1. The summed E-state index contributed by atoms with van der Waals surface area (Å²) < 4.78 is 5.38. The summed E-state index contributed by atoms with van der Waals surface area (Å²) in [5.74, 6) is 0. The number of nitrogens with zero attached hydrogens (tertiary/aromatic N) is 1. The lowest BCUT2D eigenvalue weighted by Gasteiger charge is -2.26. The van der Waals surface area contributed by atoms with Crippen molar-refractivity contribution >= 4 is 11.3 Å². The lowest BCUT2D eigenvalue weighted by Crippen LogP contribution is -2.37. The van der Waals surface area contributed by atoms with E-state index in [4.69, 9.17) is 4.74 Å². The molecule has 1 saturated heterocycles. The highest BCUT2D eigenvalue weighted by Gasteiger charge is 2.09. The molecule has 3 heteroatoms. The van der Waals surface area contributed by atoms with Gasteiger partial charge in [-0.05, 0) is 29.0 Å². The van der Waals surface area contributed by atoms with Crippen molar-refractivity contribution in [3.63, 3.8) is 0 Å². The van der Waals surface area contributed by atoms with Gasteiger partial charge in [0, 0.05) is 30.9 Å². The molecule has 0 atom stereocenters. The van der Waals surface area contributed by atoms with Crippen LogP contribution in [0.3, 0.4) is 0 Å². The van der Waals surface area contributed by atoms with Crippen LogP contribution in [0.4, 0.5) is 0 Å². The summed E-state index contributed by atoms with van der Waals surface area (Å²) in [6.07, 6.45) is 2.20. The molecule has 3 rings (SSSR count). The van der Waals surface area contributed by atoms with Gasteiger partial charge in [-0.25, -0.2) is 0 Å². The normalized spacial score (nSPS) is 16.4. The van der Waals surface area contributed by atoms with E-state index < -0.39 is 0 Å². The van der Waals surface area contributed by atoms with Gasteiger partial charge in [0.05, 0.1) is 13.2 Å². The Morgan fingerprint density at radius 1 is 1.00 bits per heavy atom. The first-order valence-electron chi connectivity index (χ1n) is 7.30. The van der Waals surface area contributed by atoms with Gasteiger partial charge < -0.3 is 4.74 Å². The van der Waals surface area contributed by atoms with Gasteiger partial charge in [0.15, 0.2) is 0 Å². The Hall–Kier alpha value is -1.16. The maximum atomic E-state index is 5.38. The molecule has 0 aliphatic carbocycles. The maximum absolute atomic E-state index is 5.38. The second-order valence-electron chi connectivity index (χ2n) is 5.28. The van der Waals surface area contributed by atoms with Crippen LogP contribution >= 0.6 is 11.3 Å². The van der Waals surface area contributed by atoms with E-state index in [-0.39, 0.29) is 0 Å². The fourth-order valence-corrected chi connectivity index (χ4v) is 3.29. The quantitative estimate of drug-likeness (QED) is 0.837. The molecule has 2 heterocycles. The summed E-state index contributed by atoms with van der Waals surface area (Å²) in [5, 5.41) is 2.14. The Morgan fingerprint density at radius 3 is 2.45 bits per heavy atom. The lowest BCUT2D eigenvalue weighted by atomic mass is 10.1. The molecule has 1 aromatic heterocycles. The Morgan fingerprint density at radius 2 is 1.75 bits per heavy atom. The van der Waals surface area contributed by atoms with Crippen molar-refractivity contribution in [2.45, 2.75) is 12.8 Å². The molecule has 106 valence electrons. The minimum absolute atomic E-state index is 0.889. The van der Waals surface area contributed by atoms with E-state index in [0.29, 0.717) is 0 Å². The first kappa shape index (κ1) is 13.8. The number of rotatable bonds is 5. The van der Waals surface area contributed by atoms with Crippen LogP contribution in [0.5, 0.6) is 0 Å². The second-order valence-corrected chi connectivity index (χ2v) is 6.31. The van der Waals surface area contributed by atoms with E-state index in [9.17, 15) is 0 Å². The summed E-state index contributed by atoms with van der Waals surface area (Å²) in [4.78, 5) is 3.93. The molecule has 1 aromatic carbocycles. The molecule has 20 heavy (non-hydrogen) atoms. The number of hydrogen-bond donors (Lipinski definition) is 0. The third-order valence-corrected chi connectivity index (χ3v) is 4.68. The third-order valence-electron chi connectivity index (χ3n) is 3.80. The van der Waals surface area contributed by atoms with Gasteiger partial charge >= 0.3 is 0 Å². The highest BCUT2D eigenvalue weighted by Crippen LogP contribution is 2.15. The molecule has 0 amide bonds. The predicted molar refractivity (Wildman–Crippen MR) is 84.5 cm³/mol. The van der Waals surface area contributed by atoms with E-state index in [1.54, 1.807) is 0 Å². The highest BCUT2D eigenvalue weighted by molar-refractivity contribution is 7.09. The molecular formula is C17H21NOS. The summed E-state index contributed by atoms with van der Waals surface area (Å²) >= 11 is 1.83. The Bertz CT molecular complexity index is 500. The number of ether oxygens (including phenoxy) is 1. The van der Waals surface area contributed by atoms with E-state index in [1.807, 2.05) is 11.3 Å². The van der Waals surface area contributed by atoms with Crippen LogP contribution < -0.4 is 0 Å². The summed E-state index contributed by atoms with van der Waals surface area (Å²) in [5.41, 5.74) is 2.84. The summed E-state index contributed by atoms with van der Waals surface area (Å²) in [7, 11) is 0. The molecule has 1 fully saturated rings. The zero-order valence-electron chi connectivity index (χ0n) is 11.8. The van der Waals surface area contributed by atoms with Crippen LogP contribution in [0.25, 0.3) is 0 Å². The van der Waals surface area contributed by atoms with Crippen molar-refractivity contribution in [3.05, 3.63) is 57.8 Å². The summed E-state index contributed by atoms with van der Waals surface area (Å²) in [6.45, 7) is 5.08. The molecule has 0 bridgehead atoms. The monoisotopic (exact) mass is 287 g/mol. The van der Waals surface area contributed by atoms with E-state index >= 15 is 0 Å². The van der Waals surface area contributed by atoms with Gasteiger partial charge in [-0.15, -0.1) is 11.3 Å². The van der Waals surface area contributed by atoms with Gasteiger partial charge in [0.2, 0.25) is 0 Å². The molecule has 1 aliphatic rings. The van der Waals surface area contributed by atoms with Crippen molar-refractivity contribution in [2.24, 2.45) is 0 Å². The minimum atomic E-state index is 0.889. The lowest BCUT2D eigenvalue weighted by molar-refractivity contribution is 0.0384. The van der Waals surface area contributed by atoms with Gasteiger partial charge in [0.25, 0.3) is 0 Å². The zero-order valence-corrected chi connectivity index (χ0v) is 12.6. The zero-order chi connectivity index (χ0) is 13.6. The Kier molecular flexibility index (Phi) is 4.85. The first-order chi connectivity index (χ1) is 9.90. The molecular weight excluding hydrogens is 266 g/mol. The van der Waals surface area contributed by atoms with Crippen LogP contribution in [0.15, 0.2) is 41.8 Å². The van der Waals surface area contributed by atoms with Crippen molar-refractivity contribution in [1.82, 2.24) is 4.90 Å². The van der Waals surface area contributed by atoms with Gasteiger partial charge in [-0.2, -0.15) is 0 Å². The van der Waals surface area contributed by atoms with E-state index in [2.05, 4.69) is 46.7 Å². The fourth-order valence-electron chi connectivity index (χ4n) is 2.55. The first-order valence-corrected chi connectivity index (χ1v) is 8.18. The Labute approximate surface area is 125 Å². The van der Waals surface area contributed by atoms with Crippen LogP contribution in [0.2, 0.25) is 0 Å². The summed E-state index contributed by atoms with van der Waals surface area (Å²) in [6, 6.07) is 13.4. The highest BCUT2D eigenvalue weighted by atomic mass is 32.1. The van der Waals surface area contributed by atoms with Gasteiger partial charge in [0.1, 0.15) is 0 Å². The average Bonchev–Trinajstić information content (AvgIpc) is 3.01. The van der Waals surface area contributed by atoms with Crippen molar-refractivity contribution in [2.75, 3.05) is 32.8 Å². The SMILES string of the molecule is c1csc(Cc2ccc(CCN3CCOCC3)cc2)c1. The largest absolute Gasteiger partial charge is 0.379 e. The second kappa shape index (κ2) is 7.02. The standard InChI is InChI=1S/C17H21NOS/c1-2-17(20-13-1)14-16-5-3-15(4-6-16)7-8-18-9-11-19-12-10-18/h1-6,13H,7-12,14H2. The van der Waals surface area contributed by atoms with Crippen molar-refractivity contribution in [3.8, 4) is 0 Å². The molecule has 1 aliphatic heterocycles. The molecule has 0 radical (unpaired) electrons. The van der Waals surface area contributed by atoms with Crippen LogP contribution in [0, 0.1) is 0 Å². The smallest absolute Gasteiger partial charge is 0.0594 e. The molecule has 2 aromatic rings. The van der Waals surface area contributed by atoms with E-state index in [1.165, 1.54) is 16.0 Å². The fraction of sp³-hybridized carbons (Fsp3) is 0.412. The topological polar surface area (TPSA) is 12.5 Å². The van der Waals surface area contributed by atoms with E-state index in [0.717, 1.165) is 45.7 Å². The molecule has 0 unspecified atom stereocenters. The maximum Gasteiger partial charge on any atom is 0.0594 e. The minimum Gasteiger partial charge on any atom is -0.379 e. The molecule has 2 nitrogen and oxygen atoms in total. The molecule has 0 spiro atoms. The van der Waals surface area contributed by atoms with Crippen LogP contribution in [-0.4, -0.2) is 37.7 Å². The number of hydrogen-bond acceptors (Lipinski definition) is 3. The number of benzene rings is 1. The van der Waals surface area contributed by atoms with Crippen LogP contribution in [-0.2, 0) is 17.6 Å². The molecule has 0 N–H and O–H groups in total.